The first-order chi connectivity index (χ1) is 18.7. The van der Waals surface area contributed by atoms with E-state index in [0.29, 0.717) is 56.3 Å². The third-order valence-electron chi connectivity index (χ3n) is 7.35. The summed E-state index contributed by atoms with van der Waals surface area (Å²) >= 11 is 0. The van der Waals surface area contributed by atoms with E-state index in [1.807, 2.05) is 42.2 Å². The second kappa shape index (κ2) is 10.5. The largest absolute Gasteiger partial charge is 0.459 e. The summed E-state index contributed by atoms with van der Waals surface area (Å²) in [5.74, 6) is 1.91. The molecule has 2 aliphatic rings. The topological polar surface area (TPSA) is 88.2 Å². The Morgan fingerprint density at radius 1 is 1.03 bits per heavy atom. The zero-order chi connectivity index (χ0) is 26.1. The van der Waals surface area contributed by atoms with Crippen LogP contribution in [-0.4, -0.2) is 67.4 Å². The fraction of sp³-hybridized carbons (Fsp3) is 0.333. The van der Waals surface area contributed by atoms with Crippen LogP contribution in [0, 0.1) is 0 Å². The first-order valence-electron chi connectivity index (χ1n) is 13.2. The average molecular weight is 514 g/mol. The van der Waals surface area contributed by atoms with Crippen molar-refractivity contribution >= 4 is 28.2 Å². The van der Waals surface area contributed by atoms with Gasteiger partial charge in [-0.2, -0.15) is 0 Å². The molecule has 6 rings (SSSR count). The van der Waals surface area contributed by atoms with Crippen molar-refractivity contribution < 1.29 is 23.2 Å². The molecular weight excluding hydrogens is 482 g/mol. The van der Waals surface area contributed by atoms with Gasteiger partial charge >= 0.3 is 0 Å². The molecular formula is C30H31N3O5. The van der Waals surface area contributed by atoms with E-state index in [2.05, 4.69) is 16.3 Å². The van der Waals surface area contributed by atoms with E-state index in [1.54, 1.807) is 12.1 Å². The van der Waals surface area contributed by atoms with Crippen molar-refractivity contribution in [1.29, 1.82) is 0 Å². The van der Waals surface area contributed by atoms with Gasteiger partial charge in [0.05, 0.1) is 18.4 Å². The molecule has 3 heterocycles. The third-order valence-corrected chi connectivity index (χ3v) is 7.35. The van der Waals surface area contributed by atoms with Crippen LogP contribution in [0.25, 0.3) is 22.1 Å². The van der Waals surface area contributed by atoms with Gasteiger partial charge in [0.1, 0.15) is 11.5 Å². The molecule has 0 radical (unpaired) electrons. The molecule has 1 fully saturated rings. The number of ketones is 1. The summed E-state index contributed by atoms with van der Waals surface area (Å²) in [5.41, 5.74) is 3.00. The number of carbonyl (C=O) groups excluding carboxylic acids is 2. The lowest BCUT2D eigenvalue weighted by Gasteiger charge is -2.33. The van der Waals surface area contributed by atoms with Crippen molar-refractivity contribution in [3.8, 4) is 11.3 Å². The van der Waals surface area contributed by atoms with Crippen LogP contribution < -0.4 is 5.32 Å². The van der Waals surface area contributed by atoms with Crippen LogP contribution in [0.3, 0.4) is 0 Å². The molecule has 0 unspecified atom stereocenters. The number of benzene rings is 2. The number of anilines is 1. The number of hydrogen-bond donors (Lipinski definition) is 1. The lowest BCUT2D eigenvalue weighted by molar-refractivity contribution is 0.0591. The maximum atomic E-state index is 13.7. The Labute approximate surface area is 221 Å². The molecule has 1 amide bonds. The van der Waals surface area contributed by atoms with E-state index < -0.39 is 0 Å². The summed E-state index contributed by atoms with van der Waals surface area (Å²) in [6.07, 6.45) is 2.38. The zero-order valence-electron chi connectivity index (χ0n) is 21.5. The van der Waals surface area contributed by atoms with Crippen LogP contribution in [-0.2, 0) is 11.3 Å². The summed E-state index contributed by atoms with van der Waals surface area (Å²) in [6, 6.07) is 15.1. The summed E-state index contributed by atoms with van der Waals surface area (Å²) in [5, 5.41) is 5.30. The van der Waals surface area contributed by atoms with Gasteiger partial charge in [-0.3, -0.25) is 14.5 Å². The molecule has 0 bridgehead atoms. The summed E-state index contributed by atoms with van der Waals surface area (Å²) in [4.78, 5) is 30.4. The fourth-order valence-corrected chi connectivity index (χ4v) is 5.41. The molecule has 1 N–H and O–H groups in total. The first kappa shape index (κ1) is 24.5. The molecule has 0 spiro atoms. The number of nitrogens with zero attached hydrogens (tertiary/aromatic N) is 2. The van der Waals surface area contributed by atoms with Crippen molar-refractivity contribution in [3.63, 3.8) is 0 Å². The zero-order valence-corrected chi connectivity index (χ0v) is 21.5. The number of nitrogens with one attached hydrogen (secondary N) is 1. The molecule has 8 heteroatoms. The molecule has 1 aliphatic carbocycles. The van der Waals surface area contributed by atoms with Crippen LogP contribution in [0.4, 0.5) is 5.69 Å². The number of fused-ring (bicyclic) bond motifs is 2. The number of rotatable bonds is 9. The highest BCUT2D eigenvalue weighted by Crippen LogP contribution is 2.45. The predicted octanol–water partition coefficient (Wildman–Crippen LogP) is 5.03. The number of piperazine rings is 1. The molecule has 8 nitrogen and oxygen atoms in total. The van der Waals surface area contributed by atoms with Crippen molar-refractivity contribution in [2.45, 2.75) is 19.9 Å². The molecule has 0 saturated carbocycles. The van der Waals surface area contributed by atoms with Crippen LogP contribution in [0.5, 0.6) is 0 Å². The number of carbonyl (C=O) groups is 2. The average Bonchev–Trinajstić information content (AvgIpc) is 3.61. The summed E-state index contributed by atoms with van der Waals surface area (Å²) in [6.45, 7) is 7.38. The quantitative estimate of drug-likeness (QED) is 0.277. The molecule has 2 aromatic carbocycles. The van der Waals surface area contributed by atoms with Gasteiger partial charge in [0, 0.05) is 73.5 Å². The van der Waals surface area contributed by atoms with Crippen molar-refractivity contribution in [3.05, 3.63) is 77.4 Å². The Bertz CT molecular complexity index is 1460. The van der Waals surface area contributed by atoms with Gasteiger partial charge in [0.25, 0.3) is 5.91 Å². The Balaban J connectivity index is 1.27. The standard InChI is InChI=1S/C30H31N3O5/c1-2-36-17-6-12-31-23-11-10-22-25(19-32-13-15-33(16-14-32)30(35)24-9-5-18-37-24)38-29-21-8-4-3-7-20(21)28(34)27(23)26(22)29/h3-5,7-11,18,31H,2,6,12-17,19H2,1H3. The number of amides is 1. The summed E-state index contributed by atoms with van der Waals surface area (Å²) < 4.78 is 17.3. The van der Waals surface area contributed by atoms with Crippen molar-refractivity contribution in [2.24, 2.45) is 0 Å². The Hall–Kier alpha value is -3.88. The van der Waals surface area contributed by atoms with Crippen LogP contribution >= 0.6 is 0 Å². The second-order valence-corrected chi connectivity index (χ2v) is 9.66. The molecule has 1 aliphatic heterocycles. The van der Waals surface area contributed by atoms with E-state index in [0.717, 1.165) is 53.1 Å². The number of furan rings is 2. The second-order valence-electron chi connectivity index (χ2n) is 9.66. The normalized spacial score (nSPS) is 15.2. The molecule has 2 aromatic heterocycles. The molecule has 196 valence electrons. The first-order valence-corrected chi connectivity index (χ1v) is 13.2. The Kier molecular flexibility index (Phi) is 6.74. The molecule has 1 saturated heterocycles. The summed E-state index contributed by atoms with van der Waals surface area (Å²) in [7, 11) is 0. The third kappa shape index (κ3) is 4.40. The minimum Gasteiger partial charge on any atom is -0.459 e. The van der Waals surface area contributed by atoms with Crippen molar-refractivity contribution in [1.82, 2.24) is 9.80 Å². The maximum absolute atomic E-state index is 13.7. The van der Waals surface area contributed by atoms with E-state index >= 15 is 0 Å². The Morgan fingerprint density at radius 2 is 1.84 bits per heavy atom. The van der Waals surface area contributed by atoms with Gasteiger partial charge in [0.2, 0.25) is 0 Å². The SMILES string of the molecule is CCOCCCNc1ccc2c(CN3CCN(C(=O)c4ccco4)CC3)oc3c2c1C(=O)c1ccccc1-3. The minimum absolute atomic E-state index is 0.0170. The minimum atomic E-state index is -0.0766. The smallest absolute Gasteiger partial charge is 0.289 e. The van der Waals surface area contributed by atoms with Gasteiger partial charge in [0.15, 0.2) is 11.5 Å². The lowest BCUT2D eigenvalue weighted by atomic mass is 9.86. The number of ether oxygens (including phenoxy) is 1. The van der Waals surface area contributed by atoms with Gasteiger partial charge in [-0.1, -0.05) is 24.3 Å². The highest BCUT2D eigenvalue weighted by molar-refractivity contribution is 6.28. The van der Waals surface area contributed by atoms with E-state index in [-0.39, 0.29) is 11.7 Å². The highest BCUT2D eigenvalue weighted by atomic mass is 16.5. The molecule has 38 heavy (non-hydrogen) atoms. The van der Waals surface area contributed by atoms with E-state index in [1.165, 1.54) is 6.26 Å². The number of hydrogen-bond acceptors (Lipinski definition) is 7. The van der Waals surface area contributed by atoms with Crippen molar-refractivity contribution in [2.75, 3.05) is 51.3 Å². The van der Waals surface area contributed by atoms with Crippen LogP contribution in [0.1, 0.15) is 45.6 Å². The fourth-order valence-electron chi connectivity index (χ4n) is 5.41. The van der Waals surface area contributed by atoms with Crippen LogP contribution in [0.15, 0.2) is 63.6 Å². The predicted molar refractivity (Wildman–Crippen MR) is 145 cm³/mol. The van der Waals surface area contributed by atoms with Gasteiger partial charge in [-0.15, -0.1) is 0 Å². The van der Waals surface area contributed by atoms with Gasteiger partial charge < -0.3 is 23.8 Å². The van der Waals surface area contributed by atoms with Crippen LogP contribution in [0.2, 0.25) is 0 Å². The van der Waals surface area contributed by atoms with E-state index in [4.69, 9.17) is 13.6 Å². The monoisotopic (exact) mass is 513 g/mol. The van der Waals surface area contributed by atoms with Gasteiger partial charge in [-0.05, 0) is 37.6 Å². The highest BCUT2D eigenvalue weighted by Gasteiger charge is 2.32. The molecule has 4 aromatic rings. The molecule has 0 atom stereocenters. The van der Waals surface area contributed by atoms with E-state index in [9.17, 15) is 9.59 Å². The van der Waals surface area contributed by atoms with Gasteiger partial charge in [-0.25, -0.2) is 0 Å². The maximum Gasteiger partial charge on any atom is 0.289 e. The Morgan fingerprint density at radius 3 is 2.61 bits per heavy atom. The lowest BCUT2D eigenvalue weighted by Crippen LogP contribution is -2.48.